The van der Waals surface area contributed by atoms with Crippen molar-refractivity contribution in [1.29, 1.82) is 0 Å². The lowest BCUT2D eigenvalue weighted by atomic mass is 9.97. The third kappa shape index (κ3) is 2.43. The zero-order chi connectivity index (χ0) is 11.8. The Morgan fingerprint density at radius 1 is 1.56 bits per heavy atom. The second kappa shape index (κ2) is 4.17. The summed E-state index contributed by atoms with van der Waals surface area (Å²) in [5.41, 5.74) is -0.625. The highest BCUT2D eigenvalue weighted by molar-refractivity contribution is 4.98. The van der Waals surface area contributed by atoms with Gasteiger partial charge in [-0.3, -0.25) is 0 Å². The molecule has 4 nitrogen and oxygen atoms in total. The van der Waals surface area contributed by atoms with Crippen LogP contribution in [0.25, 0.3) is 0 Å². The van der Waals surface area contributed by atoms with Gasteiger partial charge in [-0.25, -0.2) is 0 Å². The highest BCUT2D eigenvalue weighted by Crippen LogP contribution is 2.36. The summed E-state index contributed by atoms with van der Waals surface area (Å²) in [6.07, 6.45) is 3.26. The van der Waals surface area contributed by atoms with Crippen LogP contribution in [0.1, 0.15) is 57.7 Å². The van der Waals surface area contributed by atoms with Crippen LogP contribution < -0.4 is 0 Å². The van der Waals surface area contributed by atoms with Gasteiger partial charge < -0.3 is 9.63 Å². The molecule has 0 spiro atoms. The molecular weight excluding hydrogens is 204 g/mol. The van der Waals surface area contributed by atoms with Crippen LogP contribution in [0.3, 0.4) is 0 Å². The monoisotopic (exact) mass is 224 g/mol. The molecular formula is C12H20N2O2. The van der Waals surface area contributed by atoms with Crippen molar-refractivity contribution in [3.63, 3.8) is 0 Å². The summed E-state index contributed by atoms with van der Waals surface area (Å²) in [5.74, 6) is 2.16. The Bertz CT molecular complexity index is 362. The first kappa shape index (κ1) is 11.6. The van der Waals surface area contributed by atoms with E-state index in [0.717, 1.165) is 25.1 Å². The van der Waals surface area contributed by atoms with Gasteiger partial charge in [-0.15, -0.1) is 0 Å². The number of nitrogens with zero attached hydrogens (tertiary/aromatic N) is 2. The SMILES string of the molecule is CC(C)c1noc(C[C@]2(O)CC[C@H](C)C2)n1. The summed E-state index contributed by atoms with van der Waals surface area (Å²) in [6.45, 7) is 6.23. The van der Waals surface area contributed by atoms with Gasteiger partial charge in [0.25, 0.3) is 0 Å². The van der Waals surface area contributed by atoms with Crippen molar-refractivity contribution in [2.45, 2.75) is 58.0 Å². The van der Waals surface area contributed by atoms with Gasteiger partial charge >= 0.3 is 0 Å². The van der Waals surface area contributed by atoms with E-state index < -0.39 is 5.60 Å². The third-order valence-electron chi connectivity index (χ3n) is 3.31. The zero-order valence-electron chi connectivity index (χ0n) is 10.2. The topological polar surface area (TPSA) is 59.2 Å². The second-order valence-electron chi connectivity index (χ2n) is 5.45. The first-order valence-electron chi connectivity index (χ1n) is 6.03. The fourth-order valence-electron chi connectivity index (χ4n) is 2.38. The standard InChI is InChI=1S/C12H20N2O2/c1-8(2)11-13-10(16-14-11)7-12(15)5-4-9(3)6-12/h8-9,15H,4-7H2,1-3H3/t9-,12-/m0/s1. The fourth-order valence-corrected chi connectivity index (χ4v) is 2.38. The average molecular weight is 224 g/mol. The van der Waals surface area contributed by atoms with Crippen molar-refractivity contribution in [1.82, 2.24) is 10.1 Å². The minimum atomic E-state index is -0.625. The molecule has 90 valence electrons. The molecule has 2 atom stereocenters. The molecule has 0 amide bonds. The van der Waals surface area contributed by atoms with Gasteiger partial charge in [0.15, 0.2) is 5.82 Å². The van der Waals surface area contributed by atoms with Crippen LogP contribution in [0.5, 0.6) is 0 Å². The first-order chi connectivity index (χ1) is 7.48. The average Bonchev–Trinajstić information content (AvgIpc) is 2.74. The third-order valence-corrected chi connectivity index (χ3v) is 3.31. The molecule has 0 bridgehead atoms. The normalized spacial score (nSPS) is 30.2. The predicted molar refractivity (Wildman–Crippen MR) is 60.1 cm³/mol. The van der Waals surface area contributed by atoms with E-state index in [1.54, 1.807) is 0 Å². The van der Waals surface area contributed by atoms with Gasteiger partial charge in [-0.05, 0) is 25.2 Å². The van der Waals surface area contributed by atoms with Gasteiger partial charge in [-0.1, -0.05) is 25.9 Å². The summed E-state index contributed by atoms with van der Waals surface area (Å²) in [5, 5.41) is 14.2. The lowest BCUT2D eigenvalue weighted by Crippen LogP contribution is -2.27. The lowest BCUT2D eigenvalue weighted by Gasteiger charge is -2.19. The molecule has 0 radical (unpaired) electrons. The molecule has 1 N–H and O–H groups in total. The Balaban J connectivity index is 2.03. The zero-order valence-corrected chi connectivity index (χ0v) is 10.2. The van der Waals surface area contributed by atoms with Crippen LogP contribution in [0.4, 0.5) is 0 Å². The molecule has 0 saturated heterocycles. The lowest BCUT2D eigenvalue weighted by molar-refractivity contribution is 0.0368. The van der Waals surface area contributed by atoms with E-state index in [1.807, 2.05) is 13.8 Å². The molecule has 2 rings (SSSR count). The maximum atomic E-state index is 10.3. The van der Waals surface area contributed by atoms with Crippen LogP contribution in [-0.4, -0.2) is 20.8 Å². The van der Waals surface area contributed by atoms with Gasteiger partial charge in [0, 0.05) is 5.92 Å². The molecule has 16 heavy (non-hydrogen) atoms. The Labute approximate surface area is 96.1 Å². The minimum absolute atomic E-state index is 0.273. The number of hydrogen-bond acceptors (Lipinski definition) is 4. The molecule has 1 aliphatic carbocycles. The molecule has 1 saturated carbocycles. The maximum absolute atomic E-state index is 10.3. The van der Waals surface area contributed by atoms with Gasteiger partial charge in [0.2, 0.25) is 5.89 Å². The largest absolute Gasteiger partial charge is 0.389 e. The van der Waals surface area contributed by atoms with Crippen LogP contribution in [0.2, 0.25) is 0 Å². The van der Waals surface area contributed by atoms with Crippen molar-refractivity contribution in [3.8, 4) is 0 Å². The Morgan fingerprint density at radius 2 is 2.31 bits per heavy atom. The van der Waals surface area contributed by atoms with Gasteiger partial charge in [0.1, 0.15) is 0 Å². The van der Waals surface area contributed by atoms with Crippen molar-refractivity contribution in [2.75, 3.05) is 0 Å². The molecule has 1 heterocycles. The molecule has 1 aromatic rings. The maximum Gasteiger partial charge on any atom is 0.229 e. The molecule has 0 aromatic carbocycles. The summed E-state index contributed by atoms with van der Waals surface area (Å²) < 4.78 is 5.17. The Hall–Kier alpha value is -0.900. The van der Waals surface area contributed by atoms with Crippen molar-refractivity contribution in [3.05, 3.63) is 11.7 Å². The van der Waals surface area contributed by atoms with Gasteiger partial charge in [0.05, 0.1) is 12.0 Å². The van der Waals surface area contributed by atoms with E-state index in [1.165, 1.54) is 0 Å². The van der Waals surface area contributed by atoms with Gasteiger partial charge in [-0.2, -0.15) is 4.98 Å². The van der Waals surface area contributed by atoms with E-state index in [4.69, 9.17) is 4.52 Å². The quantitative estimate of drug-likeness (QED) is 0.855. The second-order valence-corrected chi connectivity index (χ2v) is 5.45. The summed E-state index contributed by atoms with van der Waals surface area (Å²) in [6, 6.07) is 0. The molecule has 0 aliphatic heterocycles. The molecule has 4 heteroatoms. The summed E-state index contributed by atoms with van der Waals surface area (Å²) in [4.78, 5) is 4.31. The van der Waals surface area contributed by atoms with Crippen molar-refractivity contribution < 1.29 is 9.63 Å². The minimum Gasteiger partial charge on any atom is -0.389 e. The summed E-state index contributed by atoms with van der Waals surface area (Å²) >= 11 is 0. The predicted octanol–water partition coefficient (Wildman–Crippen LogP) is 2.29. The molecule has 1 fully saturated rings. The highest BCUT2D eigenvalue weighted by atomic mass is 16.5. The fraction of sp³-hybridized carbons (Fsp3) is 0.833. The molecule has 1 aromatic heterocycles. The summed E-state index contributed by atoms with van der Waals surface area (Å²) in [7, 11) is 0. The van der Waals surface area contributed by atoms with E-state index in [2.05, 4.69) is 17.1 Å². The smallest absolute Gasteiger partial charge is 0.229 e. The highest BCUT2D eigenvalue weighted by Gasteiger charge is 2.37. The van der Waals surface area contributed by atoms with E-state index in [0.29, 0.717) is 18.2 Å². The van der Waals surface area contributed by atoms with Crippen molar-refractivity contribution in [2.24, 2.45) is 5.92 Å². The molecule has 0 unspecified atom stereocenters. The number of aliphatic hydroxyl groups is 1. The number of hydrogen-bond donors (Lipinski definition) is 1. The Morgan fingerprint density at radius 3 is 2.81 bits per heavy atom. The number of aromatic nitrogens is 2. The molecule has 1 aliphatic rings. The Kier molecular flexibility index (Phi) is 3.02. The van der Waals surface area contributed by atoms with E-state index >= 15 is 0 Å². The van der Waals surface area contributed by atoms with Crippen LogP contribution in [-0.2, 0) is 6.42 Å². The van der Waals surface area contributed by atoms with Crippen LogP contribution in [0, 0.1) is 5.92 Å². The number of rotatable bonds is 3. The van der Waals surface area contributed by atoms with E-state index in [9.17, 15) is 5.11 Å². The van der Waals surface area contributed by atoms with E-state index in [-0.39, 0.29) is 5.92 Å². The first-order valence-corrected chi connectivity index (χ1v) is 6.03. The van der Waals surface area contributed by atoms with Crippen LogP contribution >= 0.6 is 0 Å². The van der Waals surface area contributed by atoms with Crippen LogP contribution in [0.15, 0.2) is 4.52 Å². The van der Waals surface area contributed by atoms with Crippen molar-refractivity contribution >= 4 is 0 Å².